The molecule has 0 saturated heterocycles. The van der Waals surface area contributed by atoms with E-state index in [4.69, 9.17) is 0 Å². The molecule has 0 aromatic rings. The quantitative estimate of drug-likeness (QED) is 0.667. The van der Waals surface area contributed by atoms with Crippen LogP contribution in [0.2, 0.25) is 0 Å². The molecule has 0 aromatic heterocycles. The Hall–Kier alpha value is -1.37. The second-order valence-electron chi connectivity index (χ2n) is 3.19. The van der Waals surface area contributed by atoms with Crippen LogP contribution in [0.3, 0.4) is 0 Å². The number of rotatable bonds is 2. The monoisotopic (exact) mass is 226 g/mol. The van der Waals surface area contributed by atoms with Gasteiger partial charge in [0.15, 0.2) is 26.8 Å². The minimum absolute atomic E-state index is 0.0619. The third-order valence-electron chi connectivity index (χ3n) is 2.05. The fourth-order valence-corrected chi connectivity index (χ4v) is 2.87. The molecule has 2 aliphatic heterocycles. The zero-order valence-corrected chi connectivity index (χ0v) is 8.98. The first-order chi connectivity index (χ1) is 7.15. The van der Waals surface area contributed by atoms with E-state index in [9.17, 15) is 8.42 Å². The number of nitrogens with zero attached hydrogens (tertiary/aromatic N) is 4. The van der Waals surface area contributed by atoms with Gasteiger partial charge in [-0.3, -0.25) is 4.99 Å². The molecule has 80 valence electrons. The van der Waals surface area contributed by atoms with Gasteiger partial charge in [-0.05, 0) is 6.42 Å². The third-order valence-corrected chi connectivity index (χ3v) is 3.96. The number of aliphatic imine (C=N–C) groups is 4. The topological polar surface area (TPSA) is 83.6 Å². The molecule has 1 atom stereocenters. The Morgan fingerprint density at radius 2 is 2.13 bits per heavy atom. The van der Waals surface area contributed by atoms with Crippen molar-refractivity contribution in [3.63, 3.8) is 0 Å². The molecular formula is C8H10N4O2S. The Bertz CT molecular complexity index is 487. The molecule has 1 unspecified atom stereocenters. The van der Waals surface area contributed by atoms with Crippen LogP contribution in [-0.2, 0) is 9.84 Å². The zero-order chi connectivity index (χ0) is 10.9. The molecule has 0 aliphatic carbocycles. The first-order valence-electron chi connectivity index (χ1n) is 4.57. The molecule has 0 N–H and O–H groups in total. The van der Waals surface area contributed by atoms with Crippen LogP contribution in [0.1, 0.15) is 13.3 Å². The number of sulfone groups is 1. The summed E-state index contributed by atoms with van der Waals surface area (Å²) in [4.78, 5) is 15.5. The first kappa shape index (κ1) is 10.2. The highest BCUT2D eigenvalue weighted by Gasteiger charge is 2.34. The lowest BCUT2D eigenvalue weighted by molar-refractivity contribution is 0.605. The molecule has 15 heavy (non-hydrogen) atoms. The summed E-state index contributed by atoms with van der Waals surface area (Å²) < 4.78 is 23.6. The van der Waals surface area contributed by atoms with E-state index in [-0.39, 0.29) is 10.8 Å². The van der Waals surface area contributed by atoms with Crippen molar-refractivity contribution in [2.45, 2.75) is 19.4 Å². The van der Waals surface area contributed by atoms with Crippen molar-refractivity contribution in [3.8, 4) is 0 Å². The molecule has 0 bridgehead atoms. The Balaban J connectivity index is 2.38. The van der Waals surface area contributed by atoms with Crippen LogP contribution in [0, 0.1) is 0 Å². The molecule has 2 rings (SSSR count). The average molecular weight is 226 g/mol. The second-order valence-corrected chi connectivity index (χ2v) is 5.24. The molecular weight excluding hydrogens is 216 g/mol. The maximum atomic E-state index is 11.8. The van der Waals surface area contributed by atoms with Crippen molar-refractivity contribution in [3.05, 3.63) is 0 Å². The van der Waals surface area contributed by atoms with Gasteiger partial charge in [-0.1, -0.05) is 6.92 Å². The molecule has 0 radical (unpaired) electrons. The highest BCUT2D eigenvalue weighted by atomic mass is 32.2. The van der Waals surface area contributed by atoms with Crippen molar-refractivity contribution < 1.29 is 8.42 Å². The van der Waals surface area contributed by atoms with Crippen LogP contribution < -0.4 is 0 Å². The van der Waals surface area contributed by atoms with E-state index in [1.165, 1.54) is 12.7 Å². The minimum Gasteiger partial charge on any atom is -0.255 e. The fraction of sp³-hybridized carbons (Fsp3) is 0.500. The van der Waals surface area contributed by atoms with Gasteiger partial charge in [0, 0.05) is 0 Å². The highest BCUT2D eigenvalue weighted by Crippen LogP contribution is 2.14. The number of hydrogen-bond donors (Lipinski definition) is 0. The van der Waals surface area contributed by atoms with Gasteiger partial charge in [0.25, 0.3) is 0 Å². The van der Waals surface area contributed by atoms with Crippen molar-refractivity contribution in [2.75, 3.05) is 5.75 Å². The standard InChI is InChI=1S/C8H10N4O2S/c1-2-3-15(13,14)8-6-7(10-4-9-6)11-5-12-8/h4-6H,2-3H2,1H3. The lowest BCUT2D eigenvalue weighted by atomic mass is 10.3. The van der Waals surface area contributed by atoms with Crippen LogP contribution in [0.15, 0.2) is 20.0 Å². The van der Waals surface area contributed by atoms with Crippen molar-refractivity contribution in [1.29, 1.82) is 0 Å². The maximum Gasteiger partial charge on any atom is 0.194 e. The number of fused-ring (bicyclic) bond motifs is 1. The summed E-state index contributed by atoms with van der Waals surface area (Å²) in [5.41, 5.74) is 0. The second kappa shape index (κ2) is 3.65. The summed E-state index contributed by atoms with van der Waals surface area (Å²) >= 11 is 0. The highest BCUT2D eigenvalue weighted by molar-refractivity contribution is 8.06. The van der Waals surface area contributed by atoms with Gasteiger partial charge < -0.3 is 0 Å². The van der Waals surface area contributed by atoms with Crippen molar-refractivity contribution in [2.24, 2.45) is 20.0 Å². The van der Waals surface area contributed by atoms with Gasteiger partial charge in [-0.25, -0.2) is 23.4 Å². The Labute approximate surface area is 87.5 Å². The van der Waals surface area contributed by atoms with E-state index in [0.29, 0.717) is 12.3 Å². The Morgan fingerprint density at radius 1 is 1.33 bits per heavy atom. The molecule has 0 fully saturated rings. The minimum atomic E-state index is -3.32. The van der Waals surface area contributed by atoms with Crippen LogP contribution >= 0.6 is 0 Å². The lowest BCUT2D eigenvalue weighted by Crippen LogP contribution is -2.35. The Morgan fingerprint density at radius 3 is 2.87 bits per heavy atom. The molecule has 0 spiro atoms. The summed E-state index contributed by atoms with van der Waals surface area (Å²) in [6, 6.07) is -0.619. The number of amidine groups is 1. The van der Waals surface area contributed by atoms with E-state index < -0.39 is 15.9 Å². The SMILES string of the molecule is CCCS(=O)(=O)C1=NC=NC2=NC=NC21. The molecule has 0 saturated carbocycles. The number of hydrogen-bond acceptors (Lipinski definition) is 6. The predicted octanol–water partition coefficient (Wildman–Crippen LogP) is 0.0606. The first-order valence-corrected chi connectivity index (χ1v) is 6.22. The smallest absolute Gasteiger partial charge is 0.194 e. The average Bonchev–Trinajstić information content (AvgIpc) is 2.64. The maximum absolute atomic E-state index is 11.8. The summed E-state index contributed by atoms with van der Waals surface area (Å²) in [5, 5.41) is 0.0619. The van der Waals surface area contributed by atoms with Crippen LogP contribution in [0.4, 0.5) is 0 Å². The lowest BCUT2D eigenvalue weighted by Gasteiger charge is -2.13. The molecule has 0 aromatic carbocycles. The van der Waals surface area contributed by atoms with E-state index in [2.05, 4.69) is 20.0 Å². The fourth-order valence-electron chi connectivity index (χ4n) is 1.41. The van der Waals surface area contributed by atoms with Gasteiger partial charge in [-0.2, -0.15) is 0 Å². The summed E-state index contributed by atoms with van der Waals surface area (Å²) in [6.45, 7) is 1.81. The zero-order valence-electron chi connectivity index (χ0n) is 8.16. The van der Waals surface area contributed by atoms with Gasteiger partial charge in [-0.15, -0.1) is 0 Å². The third kappa shape index (κ3) is 1.74. The van der Waals surface area contributed by atoms with Crippen LogP contribution in [0.5, 0.6) is 0 Å². The Kier molecular flexibility index (Phi) is 2.47. The van der Waals surface area contributed by atoms with Crippen molar-refractivity contribution >= 4 is 33.4 Å². The largest absolute Gasteiger partial charge is 0.255 e. The van der Waals surface area contributed by atoms with Crippen LogP contribution in [0.25, 0.3) is 0 Å². The van der Waals surface area contributed by atoms with Crippen molar-refractivity contribution in [1.82, 2.24) is 0 Å². The van der Waals surface area contributed by atoms with Crippen LogP contribution in [-0.4, -0.2) is 43.8 Å². The normalized spacial score (nSPS) is 23.7. The summed E-state index contributed by atoms with van der Waals surface area (Å²) in [6.07, 6.45) is 3.09. The van der Waals surface area contributed by atoms with E-state index in [1.807, 2.05) is 6.92 Å². The predicted molar refractivity (Wildman–Crippen MR) is 59.7 cm³/mol. The van der Waals surface area contributed by atoms with Gasteiger partial charge >= 0.3 is 0 Å². The molecule has 6 nitrogen and oxygen atoms in total. The summed E-state index contributed by atoms with van der Waals surface area (Å²) in [7, 11) is -3.32. The van der Waals surface area contributed by atoms with Gasteiger partial charge in [0.1, 0.15) is 12.7 Å². The van der Waals surface area contributed by atoms with Gasteiger partial charge in [0.05, 0.1) is 5.75 Å². The van der Waals surface area contributed by atoms with E-state index in [0.717, 1.165) is 0 Å². The molecule has 7 heteroatoms. The van der Waals surface area contributed by atoms with Gasteiger partial charge in [0.2, 0.25) is 0 Å². The molecule has 0 amide bonds. The summed E-state index contributed by atoms with van der Waals surface area (Å²) in [5.74, 6) is 0.485. The van der Waals surface area contributed by atoms with E-state index >= 15 is 0 Å². The molecule has 2 aliphatic rings. The molecule has 2 heterocycles. The van der Waals surface area contributed by atoms with E-state index in [1.54, 1.807) is 0 Å².